The van der Waals surface area contributed by atoms with Crippen molar-refractivity contribution in [1.29, 1.82) is 0 Å². The molecule has 4 atom stereocenters. The van der Waals surface area contributed by atoms with Gasteiger partial charge < -0.3 is 14.8 Å². The van der Waals surface area contributed by atoms with E-state index in [2.05, 4.69) is 12.2 Å². The van der Waals surface area contributed by atoms with Crippen molar-refractivity contribution in [3.63, 3.8) is 0 Å². The van der Waals surface area contributed by atoms with Crippen LogP contribution in [0.5, 0.6) is 0 Å². The molecule has 1 saturated carbocycles. The van der Waals surface area contributed by atoms with Gasteiger partial charge in [-0.25, -0.2) is 0 Å². The zero-order valence-corrected chi connectivity index (χ0v) is 10.2. The maximum atomic E-state index is 5.95. The van der Waals surface area contributed by atoms with Gasteiger partial charge in [0.25, 0.3) is 0 Å². The first-order chi connectivity index (χ1) is 7.83. The number of rotatable bonds is 4. The second-order valence-electron chi connectivity index (χ2n) is 5.63. The first-order valence-electron chi connectivity index (χ1n) is 6.83. The van der Waals surface area contributed by atoms with Gasteiger partial charge in [0, 0.05) is 25.1 Å². The summed E-state index contributed by atoms with van der Waals surface area (Å²) in [6.07, 6.45) is 7.49. The third-order valence-electron chi connectivity index (χ3n) is 4.14. The van der Waals surface area contributed by atoms with E-state index in [0.29, 0.717) is 24.2 Å². The van der Waals surface area contributed by atoms with E-state index >= 15 is 0 Å². The smallest absolute Gasteiger partial charge is 0.0877 e. The molecule has 2 saturated heterocycles. The Balaban J connectivity index is 1.51. The molecular formula is C13H23NO2. The van der Waals surface area contributed by atoms with Gasteiger partial charge in [-0.1, -0.05) is 0 Å². The SMILES string of the molecule is CC1CCC(C2OCCC2CNC2CC2)O1. The Kier molecular flexibility index (Phi) is 3.18. The minimum absolute atomic E-state index is 0.358. The summed E-state index contributed by atoms with van der Waals surface area (Å²) >= 11 is 0. The molecule has 4 unspecified atom stereocenters. The van der Waals surface area contributed by atoms with Crippen LogP contribution in [0.4, 0.5) is 0 Å². The molecule has 0 radical (unpaired) electrons. The second-order valence-corrected chi connectivity index (χ2v) is 5.63. The highest BCUT2D eigenvalue weighted by molar-refractivity contribution is 4.90. The summed E-state index contributed by atoms with van der Waals surface area (Å²) in [4.78, 5) is 0. The van der Waals surface area contributed by atoms with Crippen LogP contribution in [0.3, 0.4) is 0 Å². The zero-order valence-electron chi connectivity index (χ0n) is 10.2. The van der Waals surface area contributed by atoms with Crippen molar-refractivity contribution in [3.8, 4) is 0 Å². The van der Waals surface area contributed by atoms with Crippen molar-refractivity contribution >= 4 is 0 Å². The van der Waals surface area contributed by atoms with Crippen LogP contribution in [0.15, 0.2) is 0 Å². The van der Waals surface area contributed by atoms with Crippen LogP contribution in [0.25, 0.3) is 0 Å². The minimum Gasteiger partial charge on any atom is -0.375 e. The van der Waals surface area contributed by atoms with Crippen LogP contribution >= 0.6 is 0 Å². The number of hydrogen-bond acceptors (Lipinski definition) is 3. The number of nitrogens with one attached hydrogen (secondary N) is 1. The van der Waals surface area contributed by atoms with E-state index in [1.165, 1.54) is 32.1 Å². The van der Waals surface area contributed by atoms with E-state index in [4.69, 9.17) is 9.47 Å². The summed E-state index contributed by atoms with van der Waals surface area (Å²) in [5.41, 5.74) is 0. The molecule has 0 amide bonds. The molecule has 3 rings (SSSR count). The first-order valence-corrected chi connectivity index (χ1v) is 6.83. The lowest BCUT2D eigenvalue weighted by molar-refractivity contribution is -0.0530. The Hall–Kier alpha value is -0.120. The molecule has 1 aliphatic carbocycles. The van der Waals surface area contributed by atoms with Gasteiger partial charge in [-0.05, 0) is 39.0 Å². The topological polar surface area (TPSA) is 30.5 Å². The van der Waals surface area contributed by atoms with E-state index in [9.17, 15) is 0 Å². The molecule has 3 aliphatic rings. The maximum absolute atomic E-state index is 5.95. The molecule has 0 spiro atoms. The predicted molar refractivity (Wildman–Crippen MR) is 62.4 cm³/mol. The molecule has 0 aromatic carbocycles. The molecular weight excluding hydrogens is 202 g/mol. The van der Waals surface area contributed by atoms with Gasteiger partial charge >= 0.3 is 0 Å². The lowest BCUT2D eigenvalue weighted by Crippen LogP contribution is -2.37. The van der Waals surface area contributed by atoms with Crippen LogP contribution in [0.1, 0.15) is 39.0 Å². The Morgan fingerprint density at radius 2 is 2.00 bits per heavy atom. The van der Waals surface area contributed by atoms with E-state index in [1.54, 1.807) is 0 Å². The quantitative estimate of drug-likeness (QED) is 0.790. The fraction of sp³-hybridized carbons (Fsp3) is 1.00. The largest absolute Gasteiger partial charge is 0.375 e. The molecule has 0 aromatic rings. The van der Waals surface area contributed by atoms with Gasteiger partial charge in [0.1, 0.15) is 0 Å². The van der Waals surface area contributed by atoms with Gasteiger partial charge in [0.05, 0.1) is 18.3 Å². The molecule has 16 heavy (non-hydrogen) atoms. The van der Waals surface area contributed by atoms with Crippen LogP contribution in [0, 0.1) is 5.92 Å². The molecule has 2 heterocycles. The lowest BCUT2D eigenvalue weighted by Gasteiger charge is -2.24. The maximum Gasteiger partial charge on any atom is 0.0877 e. The van der Waals surface area contributed by atoms with E-state index in [-0.39, 0.29) is 0 Å². The van der Waals surface area contributed by atoms with Gasteiger partial charge in [-0.2, -0.15) is 0 Å². The van der Waals surface area contributed by atoms with Crippen LogP contribution < -0.4 is 5.32 Å². The van der Waals surface area contributed by atoms with Crippen molar-refractivity contribution in [2.45, 2.75) is 63.4 Å². The number of hydrogen-bond donors (Lipinski definition) is 1. The molecule has 3 heteroatoms. The second kappa shape index (κ2) is 4.63. The summed E-state index contributed by atoms with van der Waals surface area (Å²) in [6.45, 7) is 4.23. The van der Waals surface area contributed by atoms with Crippen molar-refractivity contribution < 1.29 is 9.47 Å². The van der Waals surface area contributed by atoms with E-state index in [1.807, 2.05) is 0 Å². The van der Waals surface area contributed by atoms with Gasteiger partial charge in [0.15, 0.2) is 0 Å². The lowest BCUT2D eigenvalue weighted by atomic mass is 9.95. The third kappa shape index (κ3) is 2.41. The third-order valence-corrected chi connectivity index (χ3v) is 4.14. The van der Waals surface area contributed by atoms with Crippen molar-refractivity contribution in [2.75, 3.05) is 13.2 Å². The summed E-state index contributed by atoms with van der Waals surface area (Å²) < 4.78 is 11.8. The number of ether oxygens (including phenoxy) is 2. The molecule has 2 aliphatic heterocycles. The average Bonchev–Trinajstić information content (AvgIpc) is 2.82. The average molecular weight is 225 g/mol. The minimum atomic E-state index is 0.358. The monoisotopic (exact) mass is 225 g/mol. The van der Waals surface area contributed by atoms with Gasteiger partial charge in [0.2, 0.25) is 0 Å². The predicted octanol–water partition coefficient (Wildman–Crippen LogP) is 1.71. The highest BCUT2D eigenvalue weighted by Gasteiger charge is 2.39. The fourth-order valence-corrected chi connectivity index (χ4v) is 2.97. The van der Waals surface area contributed by atoms with Crippen molar-refractivity contribution in [2.24, 2.45) is 5.92 Å². The molecule has 92 valence electrons. The Bertz CT molecular complexity index is 242. The normalized spacial score (nSPS) is 44.1. The summed E-state index contributed by atoms with van der Waals surface area (Å²) in [5.74, 6) is 0.677. The fourth-order valence-electron chi connectivity index (χ4n) is 2.97. The van der Waals surface area contributed by atoms with E-state index < -0.39 is 0 Å². The first kappa shape index (κ1) is 11.0. The summed E-state index contributed by atoms with van der Waals surface area (Å²) in [5, 5.41) is 3.63. The standard InChI is InChI=1S/C13H23NO2/c1-9-2-5-12(16-9)13-10(6-7-15-13)8-14-11-3-4-11/h9-14H,2-8H2,1H3. The molecule has 3 fully saturated rings. The van der Waals surface area contributed by atoms with Crippen molar-refractivity contribution in [3.05, 3.63) is 0 Å². The van der Waals surface area contributed by atoms with Crippen LogP contribution in [-0.2, 0) is 9.47 Å². The summed E-state index contributed by atoms with van der Waals surface area (Å²) in [6, 6.07) is 0.810. The molecule has 1 N–H and O–H groups in total. The Labute approximate surface area is 97.9 Å². The van der Waals surface area contributed by atoms with E-state index in [0.717, 1.165) is 19.2 Å². The van der Waals surface area contributed by atoms with Crippen LogP contribution in [0.2, 0.25) is 0 Å². The Morgan fingerprint density at radius 3 is 2.69 bits per heavy atom. The molecule has 0 aromatic heterocycles. The highest BCUT2D eigenvalue weighted by atomic mass is 16.6. The molecule has 0 bridgehead atoms. The van der Waals surface area contributed by atoms with Crippen molar-refractivity contribution in [1.82, 2.24) is 5.32 Å². The molecule has 3 nitrogen and oxygen atoms in total. The van der Waals surface area contributed by atoms with Gasteiger partial charge in [-0.3, -0.25) is 0 Å². The zero-order chi connectivity index (χ0) is 11.0. The Morgan fingerprint density at radius 1 is 1.12 bits per heavy atom. The van der Waals surface area contributed by atoms with Crippen LogP contribution in [-0.4, -0.2) is 37.5 Å². The summed E-state index contributed by atoms with van der Waals surface area (Å²) in [7, 11) is 0. The van der Waals surface area contributed by atoms with Gasteiger partial charge in [-0.15, -0.1) is 0 Å². The highest BCUT2D eigenvalue weighted by Crippen LogP contribution is 2.32.